The van der Waals surface area contributed by atoms with Crippen LogP contribution >= 0.6 is 0 Å². The van der Waals surface area contributed by atoms with Crippen molar-refractivity contribution in [1.29, 1.82) is 0 Å². The third-order valence-corrected chi connectivity index (χ3v) is 5.75. The molecule has 282 valence electrons. The second kappa shape index (κ2) is 19.4. The fourth-order valence-electron chi connectivity index (χ4n) is 3.66. The first kappa shape index (κ1) is 43.0. The highest BCUT2D eigenvalue weighted by molar-refractivity contribution is 6.09. The lowest BCUT2D eigenvalue weighted by atomic mass is 10.0. The summed E-state index contributed by atoms with van der Waals surface area (Å²) in [5.74, 6) is 0.400. The van der Waals surface area contributed by atoms with E-state index in [9.17, 15) is 24.0 Å². The van der Waals surface area contributed by atoms with E-state index in [2.05, 4.69) is 4.74 Å². The Morgan fingerprint density at radius 2 is 0.811 bits per heavy atom. The lowest BCUT2D eigenvalue weighted by Crippen LogP contribution is -2.29. The molecule has 0 spiro atoms. The van der Waals surface area contributed by atoms with E-state index in [1.54, 1.807) is 111 Å². The van der Waals surface area contributed by atoms with Crippen molar-refractivity contribution in [3.63, 3.8) is 0 Å². The smallest absolute Gasteiger partial charge is 0.508 e. The molecule has 0 atom stereocenters. The molecule has 0 aliphatic carbocycles. The maximum Gasteiger partial charge on any atom is 0.519 e. The number of hydrogen-bond donors (Lipinski definition) is 1. The van der Waals surface area contributed by atoms with E-state index in [4.69, 9.17) is 28.8 Å². The summed E-state index contributed by atoms with van der Waals surface area (Å²) in [7, 11) is 0. The fraction of sp³-hybridized carbons (Fsp3) is 0.293. The summed E-state index contributed by atoms with van der Waals surface area (Å²) in [6.07, 6.45) is -2.91. The van der Waals surface area contributed by atoms with Crippen LogP contribution in [0.5, 0.6) is 17.2 Å². The third-order valence-electron chi connectivity index (χ3n) is 5.75. The second-order valence-corrected chi connectivity index (χ2v) is 14.1. The monoisotopic (exact) mass is 730 g/mol. The first-order chi connectivity index (χ1) is 24.6. The number of phenolic OH excluding ortho intramolecular Hbond substituents is 1. The quantitative estimate of drug-likeness (QED) is 0.0518. The number of rotatable bonds is 5. The van der Waals surface area contributed by atoms with Crippen molar-refractivity contribution in [2.24, 2.45) is 0 Å². The molecule has 0 bridgehead atoms. The predicted octanol–water partition coefficient (Wildman–Crippen LogP) is 9.72. The minimum atomic E-state index is -1.06. The molecule has 0 unspecified atom stereocenters. The average Bonchev–Trinajstić information content (AvgIpc) is 3.04. The molecule has 1 N–H and O–H groups in total. The number of phenols is 1. The SMILES string of the molecule is CC(C)(C)OC(=O)OC(=O)OC(C)(C)C.CC(C)(C)OC(=O)Oc1ccc(C(=O)Oc2ccccc2)cc1.O=C(c1ccccc1)c1ccc(O)cc1. The van der Waals surface area contributed by atoms with E-state index in [0.29, 0.717) is 22.4 Å². The summed E-state index contributed by atoms with van der Waals surface area (Å²) in [5, 5.41) is 9.10. The number of hydrogen-bond acceptors (Lipinski definition) is 12. The van der Waals surface area contributed by atoms with Crippen molar-refractivity contribution in [2.45, 2.75) is 79.1 Å². The number of para-hydroxylation sites is 1. The van der Waals surface area contributed by atoms with Gasteiger partial charge in [0, 0.05) is 11.1 Å². The van der Waals surface area contributed by atoms with Gasteiger partial charge in [-0.2, -0.15) is 0 Å². The predicted molar refractivity (Wildman–Crippen MR) is 196 cm³/mol. The standard InChI is InChI=1S/C18H18O5.C13H10O2.C10H18O5/c1-18(2,3)23-17(20)22-15-11-9-13(10-12-15)16(19)21-14-7-5-4-6-8-14;14-12-8-6-11(7-9-12)13(15)10-4-2-1-3-5-10;1-9(2,3)14-7(11)13-8(12)15-10(4,5)6/h4-12H,1-3H3;1-9,14H;1-6H3. The molecule has 4 aromatic carbocycles. The van der Waals surface area contributed by atoms with E-state index in [1.807, 2.05) is 24.3 Å². The van der Waals surface area contributed by atoms with Gasteiger partial charge in [0.15, 0.2) is 5.78 Å². The zero-order valence-electron chi connectivity index (χ0n) is 31.3. The summed E-state index contributed by atoms with van der Waals surface area (Å²) in [4.78, 5) is 57.4. The molecule has 0 saturated carbocycles. The van der Waals surface area contributed by atoms with Gasteiger partial charge in [-0.05, 0) is 123 Å². The molecule has 0 aliphatic rings. The number of ether oxygens (including phenoxy) is 6. The fourth-order valence-corrected chi connectivity index (χ4v) is 3.66. The maximum atomic E-state index is 12.0. The molecule has 0 amide bonds. The minimum Gasteiger partial charge on any atom is -0.508 e. The molecule has 4 rings (SSSR count). The van der Waals surface area contributed by atoms with Crippen LogP contribution in [0.15, 0.2) is 109 Å². The van der Waals surface area contributed by atoms with Gasteiger partial charge < -0.3 is 33.5 Å². The van der Waals surface area contributed by atoms with Crippen LogP contribution in [0, 0.1) is 0 Å². The van der Waals surface area contributed by atoms with E-state index in [0.717, 1.165) is 0 Å². The van der Waals surface area contributed by atoms with Crippen molar-refractivity contribution in [1.82, 2.24) is 0 Å². The Morgan fingerprint density at radius 1 is 0.434 bits per heavy atom. The van der Waals surface area contributed by atoms with Gasteiger partial charge in [0.2, 0.25) is 0 Å². The van der Waals surface area contributed by atoms with Gasteiger partial charge in [-0.1, -0.05) is 48.5 Å². The van der Waals surface area contributed by atoms with Crippen molar-refractivity contribution in [2.75, 3.05) is 0 Å². The van der Waals surface area contributed by atoms with Crippen molar-refractivity contribution < 1.29 is 57.5 Å². The van der Waals surface area contributed by atoms with Gasteiger partial charge in [-0.25, -0.2) is 19.2 Å². The Balaban J connectivity index is 0.000000286. The van der Waals surface area contributed by atoms with Crippen LogP contribution in [0.25, 0.3) is 0 Å². The van der Waals surface area contributed by atoms with Crippen LogP contribution in [0.1, 0.15) is 88.6 Å². The molecule has 0 aromatic heterocycles. The third kappa shape index (κ3) is 18.6. The largest absolute Gasteiger partial charge is 0.519 e. The summed E-state index contributed by atoms with van der Waals surface area (Å²) >= 11 is 0. The average molecular weight is 731 g/mol. The van der Waals surface area contributed by atoms with Crippen LogP contribution in [0.4, 0.5) is 14.4 Å². The van der Waals surface area contributed by atoms with Crippen LogP contribution < -0.4 is 9.47 Å². The van der Waals surface area contributed by atoms with Gasteiger partial charge >= 0.3 is 24.4 Å². The highest BCUT2D eigenvalue weighted by atomic mass is 16.8. The lowest BCUT2D eigenvalue weighted by molar-refractivity contribution is -0.0294. The van der Waals surface area contributed by atoms with Gasteiger partial charge in [0.05, 0.1) is 5.56 Å². The van der Waals surface area contributed by atoms with Crippen LogP contribution in [0.3, 0.4) is 0 Å². The minimum absolute atomic E-state index is 0.0319. The summed E-state index contributed by atoms with van der Waals surface area (Å²) in [5.41, 5.74) is -0.429. The number of benzene rings is 4. The van der Waals surface area contributed by atoms with Crippen molar-refractivity contribution in [3.8, 4) is 17.2 Å². The molecule has 0 heterocycles. The second-order valence-electron chi connectivity index (χ2n) is 14.1. The number of aromatic hydroxyl groups is 1. The zero-order chi connectivity index (χ0) is 39.8. The molecule has 0 radical (unpaired) electrons. The van der Waals surface area contributed by atoms with Crippen LogP contribution in [-0.2, 0) is 18.9 Å². The topological polar surface area (TPSA) is 161 Å². The summed E-state index contributed by atoms with van der Waals surface area (Å²) < 4.78 is 29.1. The first-order valence-corrected chi connectivity index (χ1v) is 16.4. The van der Waals surface area contributed by atoms with Gasteiger partial charge in [0.25, 0.3) is 0 Å². The Bertz CT molecular complexity index is 1750. The molecule has 0 fully saturated rings. The van der Waals surface area contributed by atoms with Gasteiger partial charge in [-0.15, -0.1) is 0 Å². The maximum absolute atomic E-state index is 12.0. The number of esters is 1. The number of carbonyl (C=O) groups is 5. The Labute approximate surface area is 309 Å². The highest BCUT2D eigenvalue weighted by Crippen LogP contribution is 2.18. The number of carbonyl (C=O) groups excluding carboxylic acids is 5. The molecule has 53 heavy (non-hydrogen) atoms. The lowest BCUT2D eigenvalue weighted by Gasteiger charge is -2.20. The van der Waals surface area contributed by atoms with Crippen LogP contribution in [-0.4, -0.2) is 52.1 Å². The molecule has 0 saturated heterocycles. The Hall–Kier alpha value is -6.17. The normalized spacial score (nSPS) is 10.8. The Morgan fingerprint density at radius 3 is 1.26 bits per heavy atom. The first-order valence-electron chi connectivity index (χ1n) is 16.4. The molecule has 0 aliphatic heterocycles. The van der Waals surface area contributed by atoms with E-state index >= 15 is 0 Å². The van der Waals surface area contributed by atoms with Gasteiger partial charge in [0.1, 0.15) is 34.1 Å². The molecular weight excluding hydrogens is 684 g/mol. The summed E-state index contributed by atoms with van der Waals surface area (Å²) in [6, 6.07) is 30.1. The highest BCUT2D eigenvalue weighted by Gasteiger charge is 2.24. The van der Waals surface area contributed by atoms with Crippen molar-refractivity contribution in [3.05, 3.63) is 126 Å². The molecule has 12 heteroatoms. The zero-order valence-corrected chi connectivity index (χ0v) is 31.3. The van der Waals surface area contributed by atoms with E-state index in [-0.39, 0.29) is 17.3 Å². The van der Waals surface area contributed by atoms with E-state index < -0.39 is 41.2 Å². The van der Waals surface area contributed by atoms with E-state index in [1.165, 1.54) is 36.4 Å². The molecule has 4 aromatic rings. The molecular formula is C41H46O12. The van der Waals surface area contributed by atoms with Crippen LogP contribution in [0.2, 0.25) is 0 Å². The van der Waals surface area contributed by atoms with Gasteiger partial charge in [-0.3, -0.25) is 4.79 Å². The summed E-state index contributed by atoms with van der Waals surface area (Å²) in [6.45, 7) is 15.3. The molecule has 12 nitrogen and oxygen atoms in total. The van der Waals surface area contributed by atoms with Crippen molar-refractivity contribution >= 4 is 30.2 Å². The number of ketones is 1. The Kier molecular flexibility index (Phi) is 15.8.